The summed E-state index contributed by atoms with van der Waals surface area (Å²) in [4.78, 5) is 0.422. The zero-order chi connectivity index (χ0) is 22.0. The number of rotatable bonds is 7. The highest BCUT2D eigenvalue weighted by atomic mass is 35.7. The molecule has 3 aromatic rings. The molecule has 0 N–H and O–H groups in total. The van der Waals surface area contributed by atoms with Gasteiger partial charge in [-0.3, -0.25) is 0 Å². The normalized spacial score (nSPS) is 13.4. The lowest BCUT2D eigenvalue weighted by Crippen LogP contribution is -2.62. The van der Waals surface area contributed by atoms with Gasteiger partial charge in [0, 0.05) is 16.8 Å². The average molecular weight is 470 g/mol. The van der Waals surface area contributed by atoms with Crippen molar-refractivity contribution in [3.63, 3.8) is 0 Å². The quantitative estimate of drug-likeness (QED) is 0.514. The Bertz CT molecular complexity index is 1050. The highest BCUT2D eigenvalue weighted by Crippen LogP contribution is 2.67. The molecule has 3 rings (SSSR count). The topological polar surface area (TPSA) is 116 Å². The van der Waals surface area contributed by atoms with E-state index >= 15 is 0 Å². The van der Waals surface area contributed by atoms with Gasteiger partial charge in [-0.2, -0.15) is 14.0 Å². The number of sulfonamides is 1. The lowest BCUT2D eigenvalue weighted by molar-refractivity contribution is -1.91. The molecule has 0 aliphatic carbocycles. The molecule has 0 fully saturated rings. The standard InChI is InChI=1S/C20H20ClNO6S2/c1-17-13-15-20(16-14-17)30(26,27)22(2)29(28-21(23,24)25,18-9-5-3-6-10-18)19-11-7-4-8-12-19/h3-16H,1-2H3. The fourth-order valence-corrected chi connectivity index (χ4v) is 9.44. The van der Waals surface area contributed by atoms with E-state index in [-0.39, 0.29) is 14.7 Å². The van der Waals surface area contributed by atoms with E-state index in [9.17, 15) is 22.4 Å². The van der Waals surface area contributed by atoms with Crippen molar-refractivity contribution in [3.05, 3.63) is 90.5 Å². The van der Waals surface area contributed by atoms with Crippen LogP contribution in [0.4, 0.5) is 0 Å². The minimum Gasteiger partial charge on any atom is -0.206 e. The molecule has 30 heavy (non-hydrogen) atoms. The number of hydrogen-bond acceptors (Lipinski definition) is 6. The van der Waals surface area contributed by atoms with Gasteiger partial charge < -0.3 is 0 Å². The molecule has 3 aromatic carbocycles. The first-order valence-corrected chi connectivity index (χ1v) is 12.9. The highest BCUT2D eigenvalue weighted by Gasteiger charge is 2.52. The van der Waals surface area contributed by atoms with Gasteiger partial charge in [-0.15, -0.1) is 3.71 Å². The van der Waals surface area contributed by atoms with Gasteiger partial charge >= 0.3 is 0 Å². The van der Waals surface area contributed by atoms with Gasteiger partial charge in [0.1, 0.15) is 14.2 Å². The third-order valence-corrected chi connectivity index (χ3v) is 11.0. The SMILES string of the molecule is Cc1ccc(S(=O)(=O)N(C)S(O[Cl+3]([O-])([O-])[O-])(c2ccccc2)c2ccccc2)cc1. The Labute approximate surface area is 179 Å². The maximum Gasteiger partial charge on any atom is 0.253 e. The fraction of sp³-hybridized carbons (Fsp3) is 0.100. The summed E-state index contributed by atoms with van der Waals surface area (Å²) in [5.41, 5.74) is 0.859. The monoisotopic (exact) mass is 469 g/mol. The minimum atomic E-state index is -4.97. The van der Waals surface area contributed by atoms with Crippen molar-refractivity contribution in [2.45, 2.75) is 21.6 Å². The smallest absolute Gasteiger partial charge is 0.206 e. The molecule has 0 heterocycles. The van der Waals surface area contributed by atoms with Gasteiger partial charge in [-0.05, 0) is 43.3 Å². The number of aryl methyl sites for hydroxylation is 1. The Morgan fingerprint density at radius 2 is 1.17 bits per heavy atom. The second-order valence-electron chi connectivity index (χ2n) is 6.32. The molecule has 0 spiro atoms. The minimum absolute atomic E-state index is 0.0529. The summed E-state index contributed by atoms with van der Waals surface area (Å²) in [5, 5.41) is 0. The zero-order valence-electron chi connectivity index (χ0n) is 16.2. The van der Waals surface area contributed by atoms with Crippen LogP contribution in [-0.2, 0) is 13.8 Å². The molecule has 0 aliphatic rings. The second-order valence-corrected chi connectivity index (χ2v) is 12.3. The first-order chi connectivity index (χ1) is 14.1. The van der Waals surface area contributed by atoms with Crippen molar-refractivity contribution >= 4 is 20.5 Å². The van der Waals surface area contributed by atoms with Gasteiger partial charge in [-0.25, -0.2) is 8.42 Å². The molecule has 0 saturated carbocycles. The summed E-state index contributed by atoms with van der Waals surface area (Å²) in [7, 11) is -11.5. The molecule has 0 saturated heterocycles. The van der Waals surface area contributed by atoms with Gasteiger partial charge in [-0.1, -0.05) is 54.1 Å². The molecule has 0 atom stereocenters. The highest BCUT2D eigenvalue weighted by molar-refractivity contribution is 8.32. The molecular formula is C20H20ClNO6S2. The van der Waals surface area contributed by atoms with Crippen LogP contribution in [0.15, 0.2) is 99.6 Å². The van der Waals surface area contributed by atoms with Crippen molar-refractivity contribution in [2.24, 2.45) is 0 Å². The first kappa shape index (κ1) is 22.7. The van der Waals surface area contributed by atoms with Gasteiger partial charge in [0.2, 0.25) is 0 Å². The molecule has 0 aliphatic heterocycles. The Kier molecular flexibility index (Phi) is 6.56. The van der Waals surface area contributed by atoms with E-state index in [0.29, 0.717) is 0 Å². The van der Waals surface area contributed by atoms with Crippen LogP contribution < -0.4 is 14.0 Å². The molecule has 10 heteroatoms. The summed E-state index contributed by atoms with van der Waals surface area (Å²) < 4.78 is 68.3. The maximum atomic E-state index is 13.5. The lowest BCUT2D eigenvalue weighted by Gasteiger charge is -2.39. The van der Waals surface area contributed by atoms with Crippen molar-refractivity contribution in [3.8, 4) is 0 Å². The lowest BCUT2D eigenvalue weighted by atomic mass is 10.2. The molecule has 0 bridgehead atoms. The van der Waals surface area contributed by atoms with Gasteiger partial charge in [0.15, 0.2) is 0 Å². The average Bonchev–Trinajstić information content (AvgIpc) is 2.72. The Morgan fingerprint density at radius 3 is 1.57 bits per heavy atom. The van der Waals surface area contributed by atoms with Crippen molar-refractivity contribution < 1.29 is 36.4 Å². The third kappa shape index (κ3) is 4.53. The largest absolute Gasteiger partial charge is 0.253 e. The van der Waals surface area contributed by atoms with E-state index in [1.165, 1.54) is 43.4 Å². The second kappa shape index (κ2) is 8.66. The summed E-state index contributed by atoms with van der Waals surface area (Å²) in [6.07, 6.45) is 0. The zero-order valence-corrected chi connectivity index (χ0v) is 18.6. The number of benzene rings is 3. The van der Waals surface area contributed by atoms with Crippen molar-refractivity contribution in [2.75, 3.05) is 7.05 Å². The van der Waals surface area contributed by atoms with Crippen LogP contribution in [0.5, 0.6) is 0 Å². The summed E-state index contributed by atoms with van der Waals surface area (Å²) >= 11 is 0. The van der Waals surface area contributed by atoms with E-state index in [2.05, 4.69) is 0 Å². The fourth-order valence-electron chi connectivity index (χ4n) is 2.86. The van der Waals surface area contributed by atoms with Crippen molar-refractivity contribution in [1.82, 2.24) is 3.71 Å². The Balaban J connectivity index is 2.31. The molecule has 0 amide bonds. The number of halogens is 1. The van der Waals surface area contributed by atoms with Crippen LogP contribution in [0.25, 0.3) is 0 Å². The molecular weight excluding hydrogens is 450 g/mol. The van der Waals surface area contributed by atoms with Crippen LogP contribution in [0.3, 0.4) is 0 Å². The number of nitrogens with zero attached hydrogens (tertiary/aromatic N) is 1. The molecule has 0 radical (unpaired) electrons. The molecule has 160 valence electrons. The summed E-state index contributed by atoms with van der Waals surface area (Å²) in [6, 6.07) is 22.1. The van der Waals surface area contributed by atoms with Gasteiger partial charge in [0.25, 0.3) is 10.0 Å². The molecule has 7 nitrogen and oxygen atoms in total. The number of hydrogen-bond donors (Lipinski definition) is 0. The van der Waals surface area contributed by atoms with Crippen LogP contribution in [-0.4, -0.2) is 19.2 Å². The van der Waals surface area contributed by atoms with E-state index in [0.717, 1.165) is 9.27 Å². The van der Waals surface area contributed by atoms with Crippen LogP contribution in [0, 0.1) is 17.2 Å². The van der Waals surface area contributed by atoms with Crippen molar-refractivity contribution in [1.29, 1.82) is 0 Å². The van der Waals surface area contributed by atoms with Crippen LogP contribution >= 0.6 is 10.5 Å². The van der Waals surface area contributed by atoms with E-state index in [1.54, 1.807) is 48.5 Å². The Hall–Kier alpha value is -1.95. The van der Waals surface area contributed by atoms with E-state index in [4.69, 9.17) is 3.74 Å². The van der Waals surface area contributed by atoms with E-state index < -0.39 is 30.8 Å². The first-order valence-electron chi connectivity index (χ1n) is 8.68. The predicted octanol–water partition coefficient (Wildman–Crippen LogP) is 1.28. The predicted molar refractivity (Wildman–Crippen MR) is 104 cm³/mol. The maximum absolute atomic E-state index is 13.5. The Morgan fingerprint density at radius 1 is 0.733 bits per heavy atom. The van der Waals surface area contributed by atoms with E-state index in [1.807, 2.05) is 6.92 Å². The summed E-state index contributed by atoms with van der Waals surface area (Å²) in [5.74, 6) is 0. The van der Waals surface area contributed by atoms with Crippen LogP contribution in [0.2, 0.25) is 0 Å². The third-order valence-electron chi connectivity index (χ3n) is 4.31. The van der Waals surface area contributed by atoms with Gasteiger partial charge in [0.05, 0.1) is 15.1 Å². The molecule has 0 aromatic heterocycles. The molecule has 0 unspecified atom stereocenters. The summed E-state index contributed by atoms with van der Waals surface area (Å²) in [6.45, 7) is 1.82. The van der Waals surface area contributed by atoms with Crippen LogP contribution in [0.1, 0.15) is 5.56 Å².